The fraction of sp³-hybridized carbons (Fsp3) is 0.545. The molecule has 0 saturated carbocycles. The Morgan fingerprint density at radius 2 is 2.06 bits per heavy atom. The molecule has 102 valence electrons. The van der Waals surface area contributed by atoms with Crippen molar-refractivity contribution in [1.82, 2.24) is 4.98 Å². The maximum Gasteiger partial charge on any atom is 0.417 e. The van der Waals surface area contributed by atoms with Gasteiger partial charge in [-0.15, -0.1) is 0 Å². The van der Waals surface area contributed by atoms with Gasteiger partial charge in [-0.1, -0.05) is 0 Å². The molecule has 0 spiro atoms. The van der Waals surface area contributed by atoms with Gasteiger partial charge in [0, 0.05) is 19.3 Å². The predicted molar refractivity (Wildman–Crippen MR) is 60.3 cm³/mol. The first-order chi connectivity index (χ1) is 8.54. The van der Waals surface area contributed by atoms with Gasteiger partial charge in [0.05, 0.1) is 18.8 Å². The van der Waals surface area contributed by atoms with Crippen LogP contribution in [0.5, 0.6) is 0 Å². The second kappa shape index (κ2) is 7.17. The minimum absolute atomic E-state index is 0.0200. The van der Waals surface area contributed by atoms with Crippen LogP contribution in [0, 0.1) is 0 Å². The van der Waals surface area contributed by atoms with E-state index < -0.39 is 11.7 Å². The molecule has 4 nitrogen and oxygen atoms in total. The van der Waals surface area contributed by atoms with E-state index in [1.807, 2.05) is 0 Å². The molecule has 2 N–H and O–H groups in total. The molecule has 1 rings (SSSR count). The SMILES string of the molecule is OCCOCCCNc1ccc(C(F)(F)F)cn1. The summed E-state index contributed by atoms with van der Waals surface area (Å²) in [5, 5.41) is 11.3. The molecule has 0 aliphatic carbocycles. The van der Waals surface area contributed by atoms with Crippen molar-refractivity contribution in [3.05, 3.63) is 23.9 Å². The molecule has 7 heteroatoms. The van der Waals surface area contributed by atoms with Crippen LogP contribution >= 0.6 is 0 Å². The standard InChI is InChI=1S/C11H15F3N2O2/c12-11(13,14)9-2-3-10(16-8-9)15-4-1-6-18-7-5-17/h2-3,8,17H,1,4-7H2,(H,15,16). The number of aromatic nitrogens is 1. The number of nitrogens with one attached hydrogen (secondary N) is 1. The van der Waals surface area contributed by atoms with Crippen LogP contribution in [0.25, 0.3) is 0 Å². The number of ether oxygens (including phenoxy) is 1. The monoisotopic (exact) mass is 264 g/mol. The first-order valence-corrected chi connectivity index (χ1v) is 5.50. The van der Waals surface area contributed by atoms with E-state index in [1.54, 1.807) is 0 Å². The number of aliphatic hydroxyl groups excluding tert-OH is 1. The van der Waals surface area contributed by atoms with E-state index in [0.717, 1.165) is 12.3 Å². The van der Waals surface area contributed by atoms with E-state index in [4.69, 9.17) is 9.84 Å². The smallest absolute Gasteiger partial charge is 0.394 e. The zero-order chi connectivity index (χ0) is 13.4. The molecule has 0 aliphatic heterocycles. The highest BCUT2D eigenvalue weighted by atomic mass is 19.4. The molecule has 1 heterocycles. The van der Waals surface area contributed by atoms with Gasteiger partial charge < -0.3 is 15.2 Å². The Hall–Kier alpha value is -1.34. The molecular formula is C11H15F3N2O2. The number of rotatable bonds is 7. The molecule has 0 fully saturated rings. The van der Waals surface area contributed by atoms with E-state index >= 15 is 0 Å². The molecule has 0 aliphatic rings. The van der Waals surface area contributed by atoms with Gasteiger partial charge in [-0.25, -0.2) is 4.98 Å². The first kappa shape index (κ1) is 14.7. The van der Waals surface area contributed by atoms with E-state index in [-0.39, 0.29) is 6.61 Å². The largest absolute Gasteiger partial charge is 0.417 e. The lowest BCUT2D eigenvalue weighted by molar-refractivity contribution is -0.137. The van der Waals surface area contributed by atoms with Crippen LogP contribution < -0.4 is 5.32 Å². The van der Waals surface area contributed by atoms with Crippen LogP contribution in [0.3, 0.4) is 0 Å². The summed E-state index contributed by atoms with van der Waals surface area (Å²) in [5.41, 5.74) is -0.765. The third-order valence-electron chi connectivity index (χ3n) is 2.10. The Morgan fingerprint density at radius 3 is 2.61 bits per heavy atom. The van der Waals surface area contributed by atoms with E-state index in [0.29, 0.717) is 32.0 Å². The topological polar surface area (TPSA) is 54.4 Å². The minimum Gasteiger partial charge on any atom is -0.394 e. The van der Waals surface area contributed by atoms with E-state index in [2.05, 4.69) is 10.3 Å². The minimum atomic E-state index is -4.36. The number of nitrogens with zero attached hydrogens (tertiary/aromatic N) is 1. The number of hydrogen-bond acceptors (Lipinski definition) is 4. The fourth-order valence-electron chi connectivity index (χ4n) is 1.22. The maximum atomic E-state index is 12.2. The number of halogens is 3. The lowest BCUT2D eigenvalue weighted by atomic mass is 10.3. The summed E-state index contributed by atoms with van der Waals surface area (Å²) in [5.74, 6) is 0.394. The molecule has 18 heavy (non-hydrogen) atoms. The molecule has 0 amide bonds. The van der Waals surface area contributed by atoms with E-state index in [9.17, 15) is 13.2 Å². The quantitative estimate of drug-likeness (QED) is 0.739. The van der Waals surface area contributed by atoms with Crippen LogP contribution in [-0.4, -0.2) is 36.5 Å². The molecule has 0 atom stereocenters. The summed E-state index contributed by atoms with van der Waals surface area (Å²) in [6, 6.07) is 2.27. The van der Waals surface area contributed by atoms with Crippen molar-refractivity contribution in [3.63, 3.8) is 0 Å². The van der Waals surface area contributed by atoms with Crippen molar-refractivity contribution in [2.75, 3.05) is 31.7 Å². The molecule has 0 unspecified atom stereocenters. The van der Waals surface area contributed by atoms with Gasteiger partial charge in [-0.3, -0.25) is 0 Å². The fourth-order valence-corrected chi connectivity index (χ4v) is 1.22. The highest BCUT2D eigenvalue weighted by molar-refractivity contribution is 5.35. The molecule has 0 radical (unpaired) electrons. The highest BCUT2D eigenvalue weighted by Crippen LogP contribution is 2.28. The van der Waals surface area contributed by atoms with Gasteiger partial charge in [0.15, 0.2) is 0 Å². The summed E-state index contributed by atoms with van der Waals surface area (Å²) in [7, 11) is 0. The number of anilines is 1. The summed E-state index contributed by atoms with van der Waals surface area (Å²) in [6.07, 6.45) is -2.88. The van der Waals surface area contributed by atoms with Crippen molar-refractivity contribution in [2.24, 2.45) is 0 Å². The number of pyridine rings is 1. The van der Waals surface area contributed by atoms with Gasteiger partial charge in [0.2, 0.25) is 0 Å². The maximum absolute atomic E-state index is 12.2. The molecule has 0 saturated heterocycles. The lowest BCUT2D eigenvalue weighted by Gasteiger charge is -2.08. The molecule has 0 aromatic carbocycles. The Kier molecular flexibility index (Phi) is 5.87. The summed E-state index contributed by atoms with van der Waals surface area (Å²) >= 11 is 0. The third-order valence-corrected chi connectivity index (χ3v) is 2.10. The van der Waals surface area contributed by atoms with E-state index in [1.165, 1.54) is 6.07 Å². The summed E-state index contributed by atoms with van der Waals surface area (Å²) in [4.78, 5) is 3.67. The number of aliphatic hydroxyl groups is 1. The van der Waals surface area contributed by atoms with Crippen LogP contribution in [0.15, 0.2) is 18.3 Å². The Labute approximate surface area is 103 Å². The molecule has 1 aromatic rings. The third kappa shape index (κ3) is 5.33. The number of hydrogen-bond donors (Lipinski definition) is 2. The number of alkyl halides is 3. The van der Waals surface area contributed by atoms with Crippen molar-refractivity contribution in [2.45, 2.75) is 12.6 Å². The second-order valence-electron chi connectivity index (χ2n) is 3.55. The Bertz CT molecular complexity index is 341. The van der Waals surface area contributed by atoms with Crippen LogP contribution in [0.2, 0.25) is 0 Å². The van der Waals surface area contributed by atoms with Crippen molar-refractivity contribution >= 4 is 5.82 Å². The normalized spacial score (nSPS) is 11.6. The highest BCUT2D eigenvalue weighted by Gasteiger charge is 2.30. The van der Waals surface area contributed by atoms with Crippen LogP contribution in [0.1, 0.15) is 12.0 Å². The van der Waals surface area contributed by atoms with Gasteiger partial charge >= 0.3 is 6.18 Å². The average Bonchev–Trinajstić information content (AvgIpc) is 2.33. The second-order valence-corrected chi connectivity index (χ2v) is 3.55. The van der Waals surface area contributed by atoms with Gasteiger partial charge in [-0.2, -0.15) is 13.2 Å². The van der Waals surface area contributed by atoms with Crippen molar-refractivity contribution in [1.29, 1.82) is 0 Å². The zero-order valence-corrected chi connectivity index (χ0v) is 9.70. The Morgan fingerprint density at radius 1 is 1.28 bits per heavy atom. The average molecular weight is 264 g/mol. The van der Waals surface area contributed by atoms with Crippen LogP contribution in [-0.2, 0) is 10.9 Å². The van der Waals surface area contributed by atoms with Gasteiger partial charge in [-0.05, 0) is 18.6 Å². The van der Waals surface area contributed by atoms with Gasteiger partial charge in [0.25, 0.3) is 0 Å². The first-order valence-electron chi connectivity index (χ1n) is 5.50. The molecule has 0 bridgehead atoms. The predicted octanol–water partition coefficient (Wildman–Crippen LogP) is 1.91. The van der Waals surface area contributed by atoms with Crippen LogP contribution in [0.4, 0.5) is 19.0 Å². The lowest BCUT2D eigenvalue weighted by Crippen LogP contribution is -2.10. The summed E-state index contributed by atoms with van der Waals surface area (Å²) in [6.45, 7) is 1.30. The Balaban J connectivity index is 2.27. The van der Waals surface area contributed by atoms with Gasteiger partial charge in [0.1, 0.15) is 5.82 Å². The zero-order valence-electron chi connectivity index (χ0n) is 9.70. The van der Waals surface area contributed by atoms with Crippen molar-refractivity contribution in [3.8, 4) is 0 Å². The molecule has 1 aromatic heterocycles. The molecular weight excluding hydrogens is 249 g/mol. The summed E-state index contributed by atoms with van der Waals surface area (Å²) < 4.78 is 41.8. The van der Waals surface area contributed by atoms with Crippen molar-refractivity contribution < 1.29 is 23.0 Å².